The minimum Gasteiger partial charge on any atom is -0.295 e. The third-order valence-electron chi connectivity index (χ3n) is 3.28. The van der Waals surface area contributed by atoms with E-state index in [0.717, 1.165) is 18.4 Å². The lowest BCUT2D eigenvalue weighted by Crippen LogP contribution is -2.06. The summed E-state index contributed by atoms with van der Waals surface area (Å²) in [6, 6.07) is 6.19. The predicted octanol–water partition coefficient (Wildman–Crippen LogP) is 3.55. The van der Waals surface area contributed by atoms with Gasteiger partial charge in [0.2, 0.25) is 0 Å². The lowest BCUT2D eigenvalue weighted by Gasteiger charge is -2.16. The fourth-order valence-corrected chi connectivity index (χ4v) is 2.46. The van der Waals surface area contributed by atoms with Crippen molar-refractivity contribution in [2.24, 2.45) is 0 Å². The van der Waals surface area contributed by atoms with Crippen LogP contribution in [0.3, 0.4) is 0 Å². The molecule has 0 unspecified atom stereocenters. The number of aryl methyl sites for hydroxylation is 1. The number of benzene rings is 1. The molecule has 1 aliphatic rings. The van der Waals surface area contributed by atoms with Crippen LogP contribution in [0.5, 0.6) is 0 Å². The van der Waals surface area contributed by atoms with E-state index in [4.69, 9.17) is 0 Å². The van der Waals surface area contributed by atoms with Gasteiger partial charge in [0, 0.05) is 5.56 Å². The molecule has 0 aliphatic heterocycles. The molecular weight excluding hydrogens is 184 g/mol. The molecule has 0 aromatic heterocycles. The van der Waals surface area contributed by atoms with Crippen molar-refractivity contribution in [3.05, 3.63) is 34.9 Å². The Bertz CT molecular complexity index is 366. The Morgan fingerprint density at radius 1 is 1.07 bits per heavy atom. The van der Waals surface area contributed by atoms with Crippen molar-refractivity contribution in [3.63, 3.8) is 0 Å². The number of Topliss-reactive ketones (excluding diaryl/α,β-unsaturated/α-hetero) is 1. The Balaban J connectivity index is 2.41. The average Bonchev–Trinajstić information content (AvgIpc) is 2.17. The zero-order chi connectivity index (χ0) is 10.7. The molecule has 0 N–H and O–H groups in total. The summed E-state index contributed by atoms with van der Waals surface area (Å²) in [5, 5.41) is 0. The van der Waals surface area contributed by atoms with Gasteiger partial charge in [-0.2, -0.15) is 0 Å². The summed E-state index contributed by atoms with van der Waals surface area (Å²) < 4.78 is 0. The second kappa shape index (κ2) is 4.61. The molecule has 0 heterocycles. The van der Waals surface area contributed by atoms with Crippen LogP contribution >= 0.6 is 0 Å². The van der Waals surface area contributed by atoms with Crippen LogP contribution in [0, 0.1) is 0 Å². The van der Waals surface area contributed by atoms with Gasteiger partial charge in [-0.05, 0) is 43.7 Å². The van der Waals surface area contributed by atoms with Crippen molar-refractivity contribution in [1.29, 1.82) is 0 Å². The number of rotatable bonds is 1. The number of fused-ring (bicyclic) bond motifs is 1. The first kappa shape index (κ1) is 10.4. The maximum absolute atomic E-state index is 11.5. The van der Waals surface area contributed by atoms with E-state index < -0.39 is 0 Å². The predicted molar refractivity (Wildman–Crippen MR) is 62.3 cm³/mol. The highest BCUT2D eigenvalue weighted by molar-refractivity contribution is 5.95. The van der Waals surface area contributed by atoms with E-state index >= 15 is 0 Å². The smallest absolute Gasteiger partial charge is 0.160 e. The monoisotopic (exact) mass is 202 g/mol. The summed E-state index contributed by atoms with van der Waals surface area (Å²) >= 11 is 0. The molecule has 1 aliphatic carbocycles. The van der Waals surface area contributed by atoms with Crippen molar-refractivity contribution in [2.45, 2.75) is 45.4 Å². The first-order valence-corrected chi connectivity index (χ1v) is 5.91. The van der Waals surface area contributed by atoms with Gasteiger partial charge in [-0.3, -0.25) is 4.79 Å². The van der Waals surface area contributed by atoms with Crippen molar-refractivity contribution >= 4 is 5.78 Å². The molecule has 0 amide bonds. The topological polar surface area (TPSA) is 17.1 Å². The molecule has 0 atom stereocenters. The van der Waals surface area contributed by atoms with Gasteiger partial charge in [-0.1, -0.05) is 31.0 Å². The fourth-order valence-electron chi connectivity index (χ4n) is 2.46. The maximum atomic E-state index is 11.5. The molecule has 0 fully saturated rings. The highest BCUT2D eigenvalue weighted by atomic mass is 16.1. The third-order valence-corrected chi connectivity index (χ3v) is 3.28. The zero-order valence-electron chi connectivity index (χ0n) is 9.38. The van der Waals surface area contributed by atoms with Gasteiger partial charge in [0.15, 0.2) is 5.78 Å². The Morgan fingerprint density at radius 2 is 1.80 bits per heavy atom. The van der Waals surface area contributed by atoms with Gasteiger partial charge in [-0.25, -0.2) is 0 Å². The summed E-state index contributed by atoms with van der Waals surface area (Å²) in [5.41, 5.74) is 3.68. The van der Waals surface area contributed by atoms with Gasteiger partial charge in [0.05, 0.1) is 0 Å². The van der Waals surface area contributed by atoms with Crippen LogP contribution < -0.4 is 0 Å². The SMILES string of the molecule is CC(=O)c1cccc2c1CCCCCC2. The van der Waals surface area contributed by atoms with Crippen LogP contribution in [0.25, 0.3) is 0 Å². The zero-order valence-corrected chi connectivity index (χ0v) is 9.38. The van der Waals surface area contributed by atoms with Crippen molar-refractivity contribution in [2.75, 3.05) is 0 Å². The molecular formula is C14H18O. The van der Waals surface area contributed by atoms with Crippen LogP contribution in [0.4, 0.5) is 0 Å². The van der Waals surface area contributed by atoms with E-state index in [2.05, 4.69) is 6.07 Å². The van der Waals surface area contributed by atoms with Gasteiger partial charge in [-0.15, -0.1) is 0 Å². The summed E-state index contributed by atoms with van der Waals surface area (Å²) in [5.74, 6) is 0.215. The van der Waals surface area contributed by atoms with E-state index in [1.165, 1.54) is 36.8 Å². The lowest BCUT2D eigenvalue weighted by molar-refractivity contribution is 0.101. The molecule has 0 spiro atoms. The Morgan fingerprint density at radius 3 is 2.53 bits per heavy atom. The first-order valence-electron chi connectivity index (χ1n) is 5.91. The number of hydrogen-bond donors (Lipinski definition) is 0. The summed E-state index contributed by atoms with van der Waals surface area (Å²) in [4.78, 5) is 11.5. The maximum Gasteiger partial charge on any atom is 0.160 e. The first-order chi connectivity index (χ1) is 7.29. The highest BCUT2D eigenvalue weighted by Gasteiger charge is 2.12. The molecule has 0 saturated heterocycles. The molecule has 2 rings (SSSR count). The van der Waals surface area contributed by atoms with E-state index in [1.54, 1.807) is 6.92 Å². The molecule has 1 aromatic rings. The van der Waals surface area contributed by atoms with Crippen molar-refractivity contribution < 1.29 is 4.79 Å². The quantitative estimate of drug-likeness (QED) is 0.636. The number of carbonyl (C=O) groups excluding carboxylic acids is 1. The molecule has 15 heavy (non-hydrogen) atoms. The number of carbonyl (C=O) groups is 1. The molecule has 80 valence electrons. The minimum atomic E-state index is 0.215. The van der Waals surface area contributed by atoms with E-state index in [0.29, 0.717) is 0 Å². The Kier molecular flexibility index (Phi) is 3.20. The summed E-state index contributed by atoms with van der Waals surface area (Å²) in [6.07, 6.45) is 7.39. The molecule has 1 aromatic carbocycles. The van der Waals surface area contributed by atoms with Crippen molar-refractivity contribution in [1.82, 2.24) is 0 Å². The number of hydrogen-bond acceptors (Lipinski definition) is 1. The summed E-state index contributed by atoms with van der Waals surface area (Å²) in [6.45, 7) is 1.67. The second-order valence-electron chi connectivity index (χ2n) is 4.41. The van der Waals surface area contributed by atoms with Gasteiger partial charge in [0.25, 0.3) is 0 Å². The van der Waals surface area contributed by atoms with E-state index in [-0.39, 0.29) is 5.78 Å². The standard InChI is InChI=1S/C14H18O/c1-11(15)13-10-6-8-12-7-4-2-3-5-9-14(12)13/h6,8,10H,2-5,7,9H2,1H3. The second-order valence-corrected chi connectivity index (χ2v) is 4.41. The molecule has 0 bridgehead atoms. The van der Waals surface area contributed by atoms with Crippen LogP contribution in [-0.2, 0) is 12.8 Å². The fraction of sp³-hybridized carbons (Fsp3) is 0.500. The van der Waals surface area contributed by atoms with Crippen molar-refractivity contribution in [3.8, 4) is 0 Å². The van der Waals surface area contributed by atoms with Crippen LogP contribution in [0.15, 0.2) is 18.2 Å². The Labute approximate surface area is 91.5 Å². The van der Waals surface area contributed by atoms with Gasteiger partial charge in [0.1, 0.15) is 0 Å². The average molecular weight is 202 g/mol. The van der Waals surface area contributed by atoms with E-state index in [9.17, 15) is 4.79 Å². The third kappa shape index (κ3) is 2.28. The number of ketones is 1. The van der Waals surface area contributed by atoms with Crippen LogP contribution in [0.2, 0.25) is 0 Å². The molecule has 1 heteroatoms. The van der Waals surface area contributed by atoms with Gasteiger partial charge >= 0.3 is 0 Å². The lowest BCUT2D eigenvalue weighted by atomic mass is 9.89. The van der Waals surface area contributed by atoms with Crippen LogP contribution in [-0.4, -0.2) is 5.78 Å². The molecule has 1 nitrogen and oxygen atoms in total. The Hall–Kier alpha value is -1.11. The minimum absolute atomic E-state index is 0.215. The largest absolute Gasteiger partial charge is 0.295 e. The van der Waals surface area contributed by atoms with Gasteiger partial charge < -0.3 is 0 Å². The summed E-state index contributed by atoms with van der Waals surface area (Å²) in [7, 11) is 0. The molecule has 0 radical (unpaired) electrons. The molecule has 0 saturated carbocycles. The normalized spacial score (nSPS) is 16.3. The highest BCUT2D eigenvalue weighted by Crippen LogP contribution is 2.23. The van der Waals surface area contributed by atoms with Crippen LogP contribution in [0.1, 0.15) is 54.1 Å². The van der Waals surface area contributed by atoms with E-state index in [1.807, 2.05) is 12.1 Å².